The summed E-state index contributed by atoms with van der Waals surface area (Å²) >= 11 is 0. The molecular formula is C21H26FN3O2. The van der Waals surface area contributed by atoms with Crippen LogP contribution in [0.5, 0.6) is 11.5 Å². The summed E-state index contributed by atoms with van der Waals surface area (Å²) < 4.78 is 18.8. The van der Waals surface area contributed by atoms with E-state index in [0.717, 1.165) is 24.9 Å². The van der Waals surface area contributed by atoms with Crippen molar-refractivity contribution in [2.75, 3.05) is 20.2 Å². The molecule has 1 saturated carbocycles. The lowest BCUT2D eigenvalue weighted by Gasteiger charge is -2.19. The fourth-order valence-electron chi connectivity index (χ4n) is 3.11. The number of methoxy groups -OCH3 is 1. The van der Waals surface area contributed by atoms with Gasteiger partial charge in [0.2, 0.25) is 0 Å². The molecule has 1 aliphatic rings. The first kappa shape index (κ1) is 19.0. The van der Waals surface area contributed by atoms with Crippen molar-refractivity contribution in [1.29, 1.82) is 0 Å². The summed E-state index contributed by atoms with van der Waals surface area (Å²) in [5.74, 6) is 1.34. The van der Waals surface area contributed by atoms with Gasteiger partial charge in [-0.3, -0.25) is 0 Å². The Kier molecular flexibility index (Phi) is 5.84. The number of benzene rings is 2. The highest BCUT2D eigenvalue weighted by atomic mass is 19.1. The summed E-state index contributed by atoms with van der Waals surface area (Å²) in [5, 5.41) is 16.6. The van der Waals surface area contributed by atoms with Crippen LogP contribution in [0.4, 0.5) is 4.39 Å². The highest BCUT2D eigenvalue weighted by Gasteiger charge is 2.44. The van der Waals surface area contributed by atoms with Crippen molar-refractivity contribution in [3.8, 4) is 11.5 Å². The van der Waals surface area contributed by atoms with Gasteiger partial charge in [-0.25, -0.2) is 9.38 Å². The number of hydrogen-bond acceptors (Lipinski definition) is 3. The van der Waals surface area contributed by atoms with Crippen LogP contribution >= 0.6 is 0 Å². The van der Waals surface area contributed by atoms with E-state index in [1.165, 1.54) is 6.07 Å². The number of nitrogens with zero attached hydrogens (tertiary/aromatic N) is 1. The maximum atomic E-state index is 13.6. The van der Waals surface area contributed by atoms with Crippen LogP contribution in [-0.4, -0.2) is 31.3 Å². The number of hydrogen-bond donors (Lipinski definition) is 3. The van der Waals surface area contributed by atoms with E-state index in [9.17, 15) is 9.50 Å². The third-order valence-electron chi connectivity index (χ3n) is 4.92. The van der Waals surface area contributed by atoms with Crippen molar-refractivity contribution in [1.82, 2.24) is 10.6 Å². The summed E-state index contributed by atoms with van der Waals surface area (Å²) in [7, 11) is 1.59. The molecule has 0 saturated heterocycles. The second-order valence-electron chi connectivity index (χ2n) is 6.83. The molecule has 144 valence electrons. The van der Waals surface area contributed by atoms with E-state index in [2.05, 4.69) is 15.6 Å². The third-order valence-corrected chi connectivity index (χ3v) is 4.92. The van der Waals surface area contributed by atoms with E-state index in [1.54, 1.807) is 37.4 Å². The minimum atomic E-state index is -0.201. The molecule has 3 rings (SSSR count). The summed E-state index contributed by atoms with van der Waals surface area (Å²) in [6, 6.07) is 11.9. The zero-order valence-electron chi connectivity index (χ0n) is 15.8. The number of aliphatic imine (C=N–C) groups is 1. The molecule has 0 heterocycles. The van der Waals surface area contributed by atoms with E-state index in [0.29, 0.717) is 30.4 Å². The maximum Gasteiger partial charge on any atom is 0.191 e. The van der Waals surface area contributed by atoms with Gasteiger partial charge in [-0.1, -0.05) is 12.1 Å². The van der Waals surface area contributed by atoms with Gasteiger partial charge < -0.3 is 20.5 Å². The smallest absolute Gasteiger partial charge is 0.191 e. The molecule has 27 heavy (non-hydrogen) atoms. The number of rotatable bonds is 7. The first-order chi connectivity index (χ1) is 13.1. The molecule has 2 aromatic rings. The summed E-state index contributed by atoms with van der Waals surface area (Å²) in [5.41, 5.74) is 1.69. The first-order valence-electron chi connectivity index (χ1n) is 9.20. The van der Waals surface area contributed by atoms with Crippen LogP contribution in [0.15, 0.2) is 47.5 Å². The van der Waals surface area contributed by atoms with Crippen LogP contribution in [0.3, 0.4) is 0 Å². The SMILES string of the molecule is CCNC(=NCc1cc(OC)ccc1O)NCC1(c2cccc(F)c2)CC1. The van der Waals surface area contributed by atoms with Gasteiger partial charge in [0.15, 0.2) is 5.96 Å². The topological polar surface area (TPSA) is 65.9 Å². The van der Waals surface area contributed by atoms with Crippen LogP contribution in [0.1, 0.15) is 30.9 Å². The Morgan fingerprint density at radius 3 is 2.70 bits per heavy atom. The average Bonchev–Trinajstić information content (AvgIpc) is 3.46. The molecule has 0 radical (unpaired) electrons. The van der Waals surface area contributed by atoms with Crippen LogP contribution in [0.25, 0.3) is 0 Å². The molecule has 0 aliphatic heterocycles. The van der Waals surface area contributed by atoms with Crippen molar-refractivity contribution in [2.45, 2.75) is 31.7 Å². The highest BCUT2D eigenvalue weighted by molar-refractivity contribution is 5.80. The van der Waals surface area contributed by atoms with Crippen LogP contribution in [0, 0.1) is 5.82 Å². The van der Waals surface area contributed by atoms with Crippen molar-refractivity contribution in [3.63, 3.8) is 0 Å². The van der Waals surface area contributed by atoms with Gasteiger partial charge in [0.25, 0.3) is 0 Å². The van der Waals surface area contributed by atoms with E-state index in [4.69, 9.17) is 4.74 Å². The maximum absolute atomic E-state index is 13.6. The number of halogens is 1. The lowest BCUT2D eigenvalue weighted by atomic mass is 9.96. The number of aromatic hydroxyl groups is 1. The van der Waals surface area contributed by atoms with Crippen molar-refractivity contribution >= 4 is 5.96 Å². The standard InChI is InChI=1S/C21H26FN3O2/c1-3-23-20(24-13-15-11-18(27-2)7-8-19(15)26)25-14-21(9-10-21)16-5-4-6-17(22)12-16/h4-8,11-12,26H,3,9-10,13-14H2,1-2H3,(H2,23,24,25). The fraction of sp³-hybridized carbons (Fsp3) is 0.381. The van der Waals surface area contributed by atoms with Gasteiger partial charge in [-0.05, 0) is 55.7 Å². The van der Waals surface area contributed by atoms with Gasteiger partial charge in [0, 0.05) is 24.1 Å². The molecule has 3 N–H and O–H groups in total. The Morgan fingerprint density at radius 2 is 2.04 bits per heavy atom. The second kappa shape index (κ2) is 8.29. The average molecular weight is 371 g/mol. The third kappa shape index (κ3) is 4.70. The van der Waals surface area contributed by atoms with Crippen molar-refractivity contribution < 1.29 is 14.2 Å². The molecule has 2 aromatic carbocycles. The molecule has 0 amide bonds. The van der Waals surface area contributed by atoms with Gasteiger partial charge in [-0.15, -0.1) is 0 Å². The highest BCUT2D eigenvalue weighted by Crippen LogP contribution is 2.47. The monoisotopic (exact) mass is 371 g/mol. The number of guanidine groups is 1. The normalized spacial score (nSPS) is 15.3. The molecule has 0 bridgehead atoms. The minimum Gasteiger partial charge on any atom is -0.508 e. The molecule has 1 fully saturated rings. The van der Waals surface area contributed by atoms with E-state index >= 15 is 0 Å². The van der Waals surface area contributed by atoms with Crippen molar-refractivity contribution in [3.05, 3.63) is 59.4 Å². The number of ether oxygens (including phenoxy) is 1. The van der Waals surface area contributed by atoms with E-state index in [-0.39, 0.29) is 17.0 Å². The molecule has 6 heteroatoms. The van der Waals surface area contributed by atoms with Gasteiger partial charge >= 0.3 is 0 Å². The summed E-state index contributed by atoms with van der Waals surface area (Å²) in [6.07, 6.45) is 2.05. The van der Waals surface area contributed by atoms with Crippen LogP contribution in [0.2, 0.25) is 0 Å². The quantitative estimate of drug-likeness (QED) is 0.516. The van der Waals surface area contributed by atoms with E-state index in [1.807, 2.05) is 13.0 Å². The molecule has 0 spiro atoms. The zero-order chi connectivity index (χ0) is 19.3. The van der Waals surface area contributed by atoms with E-state index < -0.39 is 0 Å². The Labute approximate surface area is 159 Å². The zero-order valence-corrected chi connectivity index (χ0v) is 15.8. The molecule has 0 aromatic heterocycles. The lowest BCUT2D eigenvalue weighted by molar-refractivity contribution is 0.411. The Morgan fingerprint density at radius 1 is 1.22 bits per heavy atom. The second-order valence-corrected chi connectivity index (χ2v) is 6.83. The number of phenolic OH excluding ortho intramolecular Hbond substituents is 1. The molecule has 5 nitrogen and oxygen atoms in total. The molecule has 0 unspecified atom stereocenters. The Hall–Kier alpha value is -2.76. The number of nitrogens with one attached hydrogen (secondary N) is 2. The molecule has 1 aliphatic carbocycles. The van der Waals surface area contributed by atoms with Crippen molar-refractivity contribution in [2.24, 2.45) is 4.99 Å². The van der Waals surface area contributed by atoms with Gasteiger partial charge in [0.05, 0.1) is 13.7 Å². The molecular weight excluding hydrogens is 345 g/mol. The largest absolute Gasteiger partial charge is 0.508 e. The fourth-order valence-corrected chi connectivity index (χ4v) is 3.11. The van der Waals surface area contributed by atoms with Crippen LogP contribution < -0.4 is 15.4 Å². The number of phenols is 1. The summed E-state index contributed by atoms with van der Waals surface area (Å²) in [6.45, 7) is 3.74. The van der Waals surface area contributed by atoms with Gasteiger partial charge in [-0.2, -0.15) is 0 Å². The first-order valence-corrected chi connectivity index (χ1v) is 9.20. The Bertz CT molecular complexity index is 819. The predicted molar refractivity (Wildman–Crippen MR) is 105 cm³/mol. The minimum absolute atomic E-state index is 0.0314. The Balaban J connectivity index is 1.68. The molecule has 0 atom stereocenters. The van der Waals surface area contributed by atoms with Crippen LogP contribution in [-0.2, 0) is 12.0 Å². The predicted octanol–water partition coefficient (Wildman–Crippen LogP) is 3.33. The lowest BCUT2D eigenvalue weighted by Crippen LogP contribution is -2.41. The summed E-state index contributed by atoms with van der Waals surface area (Å²) in [4.78, 5) is 4.57. The van der Waals surface area contributed by atoms with Gasteiger partial charge in [0.1, 0.15) is 17.3 Å².